The lowest BCUT2D eigenvalue weighted by atomic mass is 9.93. The number of nitrogens with one attached hydrogen (secondary N) is 1. The van der Waals surface area contributed by atoms with Crippen LogP contribution in [0.5, 0.6) is 0 Å². The van der Waals surface area contributed by atoms with Crippen LogP contribution >= 0.6 is 0 Å². The van der Waals surface area contributed by atoms with E-state index in [-0.39, 0.29) is 0 Å². The molecule has 1 aromatic rings. The van der Waals surface area contributed by atoms with E-state index in [4.69, 9.17) is 0 Å². The summed E-state index contributed by atoms with van der Waals surface area (Å²) in [6.45, 7) is 6.08. The molecule has 0 bridgehead atoms. The first-order chi connectivity index (χ1) is 9.36. The number of hydrogen-bond acceptors (Lipinski definition) is 2. The van der Waals surface area contributed by atoms with Crippen LogP contribution < -0.4 is 5.32 Å². The fourth-order valence-electron chi connectivity index (χ4n) is 3.64. The van der Waals surface area contributed by atoms with Gasteiger partial charge in [-0.15, -0.1) is 0 Å². The van der Waals surface area contributed by atoms with Crippen LogP contribution in [0.3, 0.4) is 0 Å². The van der Waals surface area contributed by atoms with Crippen LogP contribution in [0.25, 0.3) is 0 Å². The van der Waals surface area contributed by atoms with Gasteiger partial charge in [0.05, 0.1) is 0 Å². The largest absolute Gasteiger partial charge is 0.383 e. The molecule has 0 spiro atoms. The second-order valence-electron chi connectivity index (χ2n) is 6.14. The van der Waals surface area contributed by atoms with Crippen molar-refractivity contribution in [3.8, 4) is 0 Å². The van der Waals surface area contributed by atoms with E-state index in [1.165, 1.54) is 56.4 Å². The number of hydrogen-bond donors (Lipinski definition) is 1. The maximum atomic E-state index is 3.66. The summed E-state index contributed by atoms with van der Waals surface area (Å²) in [6, 6.07) is 9.52. The molecule has 0 amide bonds. The second-order valence-corrected chi connectivity index (χ2v) is 6.14. The van der Waals surface area contributed by atoms with E-state index >= 15 is 0 Å². The maximum absolute atomic E-state index is 3.66. The van der Waals surface area contributed by atoms with Crippen molar-refractivity contribution in [2.24, 2.45) is 5.92 Å². The van der Waals surface area contributed by atoms with Crippen LogP contribution in [-0.4, -0.2) is 30.6 Å². The summed E-state index contributed by atoms with van der Waals surface area (Å²) >= 11 is 0. The SMILES string of the molecule is CCC1CCCN(C2CCc3ccccc3NC2)C1. The zero-order chi connectivity index (χ0) is 13.1. The second kappa shape index (κ2) is 5.96. The van der Waals surface area contributed by atoms with E-state index in [0.29, 0.717) is 0 Å². The third-order valence-corrected chi connectivity index (χ3v) is 4.94. The van der Waals surface area contributed by atoms with Crippen molar-refractivity contribution in [3.05, 3.63) is 29.8 Å². The first-order valence-corrected chi connectivity index (χ1v) is 7.92. The van der Waals surface area contributed by atoms with Crippen molar-refractivity contribution >= 4 is 5.69 Å². The minimum Gasteiger partial charge on any atom is -0.383 e. The Hall–Kier alpha value is -1.02. The van der Waals surface area contributed by atoms with Crippen molar-refractivity contribution in [2.45, 2.75) is 45.1 Å². The van der Waals surface area contributed by atoms with Crippen LogP contribution in [0, 0.1) is 5.92 Å². The number of benzene rings is 1. The van der Waals surface area contributed by atoms with Crippen LogP contribution in [0.1, 0.15) is 38.2 Å². The van der Waals surface area contributed by atoms with Gasteiger partial charge in [0.15, 0.2) is 0 Å². The molecule has 1 fully saturated rings. The Morgan fingerprint density at radius 1 is 1.26 bits per heavy atom. The summed E-state index contributed by atoms with van der Waals surface area (Å²) in [4.78, 5) is 2.75. The minimum absolute atomic E-state index is 0.724. The maximum Gasteiger partial charge on any atom is 0.0373 e. The smallest absolute Gasteiger partial charge is 0.0373 e. The lowest BCUT2D eigenvalue weighted by molar-refractivity contribution is 0.122. The van der Waals surface area contributed by atoms with Gasteiger partial charge in [-0.25, -0.2) is 0 Å². The Kier molecular flexibility index (Phi) is 4.07. The molecular weight excluding hydrogens is 232 g/mol. The molecule has 2 heterocycles. The zero-order valence-corrected chi connectivity index (χ0v) is 12.1. The third kappa shape index (κ3) is 2.94. The van der Waals surface area contributed by atoms with E-state index in [2.05, 4.69) is 41.4 Å². The van der Waals surface area contributed by atoms with Gasteiger partial charge in [0.1, 0.15) is 0 Å². The fraction of sp³-hybridized carbons (Fsp3) is 0.647. The van der Waals surface area contributed by atoms with Crippen molar-refractivity contribution in [1.82, 2.24) is 4.90 Å². The molecule has 0 radical (unpaired) electrons. The zero-order valence-electron chi connectivity index (χ0n) is 12.1. The predicted octanol–water partition coefficient (Wildman–Crippen LogP) is 3.54. The van der Waals surface area contributed by atoms with Gasteiger partial charge in [-0.1, -0.05) is 31.5 Å². The molecule has 0 aliphatic carbocycles. The Labute approximate surface area is 117 Å². The molecule has 2 unspecified atom stereocenters. The highest BCUT2D eigenvalue weighted by Crippen LogP contribution is 2.26. The Balaban J connectivity index is 1.65. The minimum atomic E-state index is 0.724. The molecule has 2 aliphatic heterocycles. The Bertz CT molecular complexity index is 388. The van der Waals surface area contributed by atoms with Gasteiger partial charge >= 0.3 is 0 Å². The predicted molar refractivity (Wildman–Crippen MR) is 81.6 cm³/mol. The number of anilines is 1. The number of piperidine rings is 1. The van der Waals surface area contributed by atoms with Crippen LogP contribution in [-0.2, 0) is 6.42 Å². The van der Waals surface area contributed by atoms with E-state index in [9.17, 15) is 0 Å². The van der Waals surface area contributed by atoms with Crippen LogP contribution in [0.4, 0.5) is 5.69 Å². The molecule has 2 aliphatic rings. The molecular formula is C17H26N2. The number of likely N-dealkylation sites (tertiary alicyclic amines) is 1. The molecule has 2 nitrogen and oxygen atoms in total. The van der Waals surface area contributed by atoms with Crippen LogP contribution in [0.2, 0.25) is 0 Å². The van der Waals surface area contributed by atoms with Gasteiger partial charge in [-0.05, 0) is 49.8 Å². The molecule has 1 saturated heterocycles. The first-order valence-electron chi connectivity index (χ1n) is 7.92. The average Bonchev–Trinajstić information content (AvgIpc) is 2.70. The summed E-state index contributed by atoms with van der Waals surface area (Å²) in [7, 11) is 0. The average molecular weight is 258 g/mol. The molecule has 3 rings (SSSR count). The van der Waals surface area contributed by atoms with Gasteiger partial charge < -0.3 is 5.32 Å². The van der Waals surface area contributed by atoms with Gasteiger partial charge in [0, 0.05) is 24.8 Å². The third-order valence-electron chi connectivity index (χ3n) is 4.94. The molecule has 0 saturated carbocycles. The first kappa shape index (κ1) is 13.0. The highest BCUT2D eigenvalue weighted by atomic mass is 15.2. The van der Waals surface area contributed by atoms with E-state index in [1.54, 1.807) is 0 Å². The summed E-state index contributed by atoms with van der Waals surface area (Å²) in [5.41, 5.74) is 2.85. The van der Waals surface area contributed by atoms with E-state index in [1.807, 2.05) is 0 Å². The van der Waals surface area contributed by atoms with E-state index in [0.717, 1.165) is 18.5 Å². The number of nitrogens with zero attached hydrogens (tertiary/aromatic N) is 1. The van der Waals surface area contributed by atoms with Crippen molar-refractivity contribution < 1.29 is 0 Å². The van der Waals surface area contributed by atoms with Gasteiger partial charge in [0.2, 0.25) is 0 Å². The standard InChI is InChI=1S/C17H26N2/c1-2-14-6-5-11-19(13-14)16-10-9-15-7-3-4-8-17(15)18-12-16/h3-4,7-8,14,16,18H,2,5-6,9-13H2,1H3. The lowest BCUT2D eigenvalue weighted by Crippen LogP contribution is -2.45. The van der Waals surface area contributed by atoms with E-state index < -0.39 is 0 Å². The molecule has 19 heavy (non-hydrogen) atoms. The summed E-state index contributed by atoms with van der Waals surface area (Å²) < 4.78 is 0. The summed E-state index contributed by atoms with van der Waals surface area (Å²) in [6.07, 6.45) is 6.70. The topological polar surface area (TPSA) is 15.3 Å². The lowest BCUT2D eigenvalue weighted by Gasteiger charge is -2.37. The normalized spacial score (nSPS) is 28.3. The van der Waals surface area contributed by atoms with Gasteiger partial charge in [0.25, 0.3) is 0 Å². The number of fused-ring (bicyclic) bond motifs is 1. The van der Waals surface area contributed by atoms with Crippen molar-refractivity contribution in [3.63, 3.8) is 0 Å². The molecule has 0 aromatic heterocycles. The number of rotatable bonds is 2. The molecule has 104 valence electrons. The molecule has 2 heteroatoms. The van der Waals surface area contributed by atoms with Gasteiger partial charge in [-0.3, -0.25) is 4.90 Å². The molecule has 1 aromatic carbocycles. The molecule has 2 atom stereocenters. The number of aryl methyl sites for hydroxylation is 1. The van der Waals surface area contributed by atoms with Crippen molar-refractivity contribution in [2.75, 3.05) is 25.0 Å². The number of para-hydroxylation sites is 1. The Morgan fingerprint density at radius 3 is 3.05 bits per heavy atom. The quantitative estimate of drug-likeness (QED) is 0.873. The van der Waals surface area contributed by atoms with Gasteiger partial charge in [-0.2, -0.15) is 0 Å². The monoisotopic (exact) mass is 258 g/mol. The fourth-order valence-corrected chi connectivity index (χ4v) is 3.64. The molecule has 1 N–H and O–H groups in total. The highest BCUT2D eigenvalue weighted by Gasteiger charge is 2.26. The Morgan fingerprint density at radius 2 is 2.16 bits per heavy atom. The highest BCUT2D eigenvalue weighted by molar-refractivity contribution is 5.52. The summed E-state index contributed by atoms with van der Waals surface area (Å²) in [5.74, 6) is 0.930. The van der Waals surface area contributed by atoms with Crippen molar-refractivity contribution in [1.29, 1.82) is 0 Å². The van der Waals surface area contributed by atoms with Crippen LogP contribution in [0.15, 0.2) is 24.3 Å². The summed E-state index contributed by atoms with van der Waals surface area (Å²) in [5, 5.41) is 3.66.